The quantitative estimate of drug-likeness (QED) is 0.794. The minimum absolute atomic E-state index is 0.0254. The van der Waals surface area contributed by atoms with Gasteiger partial charge in [-0.3, -0.25) is 24.2 Å². The number of aromatic nitrogens is 4. The van der Waals surface area contributed by atoms with E-state index < -0.39 is 0 Å². The molecule has 2 aromatic heterocycles. The molecule has 2 amide bonds. The number of rotatable bonds is 5. The van der Waals surface area contributed by atoms with Crippen molar-refractivity contribution in [3.05, 3.63) is 40.2 Å². The summed E-state index contributed by atoms with van der Waals surface area (Å²) in [6.07, 6.45) is 6.33. The maximum absolute atomic E-state index is 12.5. The fourth-order valence-corrected chi connectivity index (χ4v) is 3.71. The van der Waals surface area contributed by atoms with Gasteiger partial charge < -0.3 is 10.6 Å². The number of nitrogens with zero attached hydrogens (tertiary/aromatic N) is 4. The Morgan fingerprint density at radius 3 is 2.46 bits per heavy atom. The zero-order valence-electron chi connectivity index (χ0n) is 16.3. The van der Waals surface area contributed by atoms with E-state index in [9.17, 15) is 9.59 Å². The van der Waals surface area contributed by atoms with Gasteiger partial charge in [0.05, 0.1) is 34.8 Å². The van der Waals surface area contributed by atoms with Crippen LogP contribution in [0.2, 0.25) is 5.02 Å². The summed E-state index contributed by atoms with van der Waals surface area (Å²) in [6.45, 7) is 4.02. The first-order valence-electron chi connectivity index (χ1n) is 9.40. The van der Waals surface area contributed by atoms with Gasteiger partial charge >= 0.3 is 0 Å². The van der Waals surface area contributed by atoms with Gasteiger partial charge in [0, 0.05) is 25.2 Å². The first kappa shape index (κ1) is 20.3. The number of hydrogen-bond acceptors (Lipinski definition) is 5. The van der Waals surface area contributed by atoms with Crippen LogP contribution >= 0.6 is 11.6 Å². The Hall–Kier alpha value is -2.48. The summed E-state index contributed by atoms with van der Waals surface area (Å²) >= 11 is 6.18. The van der Waals surface area contributed by atoms with Gasteiger partial charge in [-0.2, -0.15) is 5.10 Å². The van der Waals surface area contributed by atoms with Crippen LogP contribution in [0.5, 0.6) is 0 Å². The van der Waals surface area contributed by atoms with Crippen LogP contribution in [-0.2, 0) is 18.4 Å². The summed E-state index contributed by atoms with van der Waals surface area (Å²) in [6, 6.07) is 0.0331. The monoisotopic (exact) mass is 404 g/mol. The molecule has 8 nitrogen and oxygen atoms in total. The SMILES string of the molecule is Cc1cnc(CNC(=O)C2CCC(NC(=O)c3c(Cl)c(C)nn3C)CC2)cn1. The second kappa shape index (κ2) is 8.68. The number of carbonyl (C=O) groups excluding carboxylic acids is 2. The number of amides is 2. The first-order valence-corrected chi connectivity index (χ1v) is 9.78. The van der Waals surface area contributed by atoms with Crippen molar-refractivity contribution < 1.29 is 9.59 Å². The van der Waals surface area contributed by atoms with Crippen molar-refractivity contribution in [2.24, 2.45) is 13.0 Å². The van der Waals surface area contributed by atoms with E-state index in [-0.39, 0.29) is 23.8 Å². The van der Waals surface area contributed by atoms with Crippen molar-refractivity contribution in [2.75, 3.05) is 0 Å². The van der Waals surface area contributed by atoms with Gasteiger partial charge in [-0.15, -0.1) is 0 Å². The largest absolute Gasteiger partial charge is 0.350 e. The van der Waals surface area contributed by atoms with Gasteiger partial charge in [0.25, 0.3) is 5.91 Å². The van der Waals surface area contributed by atoms with E-state index in [0.717, 1.165) is 37.1 Å². The van der Waals surface area contributed by atoms with Crippen molar-refractivity contribution in [2.45, 2.75) is 52.1 Å². The molecule has 2 N–H and O–H groups in total. The lowest BCUT2D eigenvalue weighted by atomic mass is 9.85. The van der Waals surface area contributed by atoms with Crippen molar-refractivity contribution in [1.29, 1.82) is 0 Å². The Morgan fingerprint density at radius 2 is 1.89 bits per heavy atom. The zero-order chi connectivity index (χ0) is 20.3. The topological polar surface area (TPSA) is 102 Å². The van der Waals surface area contributed by atoms with E-state index in [1.54, 1.807) is 26.4 Å². The molecule has 1 aliphatic rings. The minimum Gasteiger partial charge on any atom is -0.350 e. The molecule has 9 heteroatoms. The van der Waals surface area contributed by atoms with Crippen molar-refractivity contribution in [3.8, 4) is 0 Å². The Labute approximate surface area is 169 Å². The zero-order valence-corrected chi connectivity index (χ0v) is 17.1. The molecule has 1 saturated carbocycles. The van der Waals surface area contributed by atoms with E-state index in [2.05, 4.69) is 25.7 Å². The molecule has 2 aromatic rings. The van der Waals surface area contributed by atoms with Crippen LogP contribution in [0.4, 0.5) is 0 Å². The number of aryl methyl sites for hydroxylation is 3. The Balaban J connectivity index is 1.46. The van der Waals surface area contributed by atoms with Crippen LogP contribution in [0.3, 0.4) is 0 Å². The summed E-state index contributed by atoms with van der Waals surface area (Å²) < 4.78 is 1.50. The summed E-state index contributed by atoms with van der Waals surface area (Å²) in [5, 5.41) is 10.5. The first-order chi connectivity index (χ1) is 13.3. The maximum atomic E-state index is 12.5. The molecule has 0 unspecified atom stereocenters. The van der Waals surface area contributed by atoms with E-state index in [4.69, 9.17) is 11.6 Å². The minimum atomic E-state index is -0.223. The lowest BCUT2D eigenvalue weighted by Crippen LogP contribution is -2.41. The highest BCUT2D eigenvalue weighted by molar-refractivity contribution is 6.34. The number of carbonyl (C=O) groups is 2. The number of halogens is 1. The predicted molar refractivity (Wildman–Crippen MR) is 105 cm³/mol. The number of nitrogens with one attached hydrogen (secondary N) is 2. The lowest BCUT2D eigenvalue weighted by molar-refractivity contribution is -0.126. The molecular weight excluding hydrogens is 380 g/mol. The van der Waals surface area contributed by atoms with Crippen LogP contribution in [0, 0.1) is 19.8 Å². The average molecular weight is 405 g/mol. The van der Waals surface area contributed by atoms with Crippen molar-refractivity contribution in [1.82, 2.24) is 30.4 Å². The smallest absolute Gasteiger partial charge is 0.271 e. The summed E-state index contributed by atoms with van der Waals surface area (Å²) in [4.78, 5) is 33.3. The summed E-state index contributed by atoms with van der Waals surface area (Å²) in [5.74, 6) is -0.245. The molecule has 0 aromatic carbocycles. The molecular formula is C19H25ClN6O2. The third-order valence-electron chi connectivity index (χ3n) is 5.08. The normalized spacial score (nSPS) is 19.3. The van der Waals surface area contributed by atoms with Crippen LogP contribution < -0.4 is 10.6 Å². The second-order valence-corrected chi connectivity index (χ2v) is 7.64. The van der Waals surface area contributed by atoms with Crippen LogP contribution in [0.1, 0.15) is 53.3 Å². The fourth-order valence-electron chi connectivity index (χ4n) is 3.47. The fraction of sp³-hybridized carbons (Fsp3) is 0.526. The molecule has 150 valence electrons. The molecule has 2 heterocycles. The van der Waals surface area contributed by atoms with Crippen molar-refractivity contribution >= 4 is 23.4 Å². The van der Waals surface area contributed by atoms with E-state index in [1.165, 1.54) is 4.68 Å². The van der Waals surface area contributed by atoms with E-state index in [0.29, 0.717) is 23.0 Å². The van der Waals surface area contributed by atoms with Gasteiger partial charge in [-0.05, 0) is 39.5 Å². The highest BCUT2D eigenvalue weighted by Gasteiger charge is 2.28. The third kappa shape index (κ3) is 4.67. The second-order valence-electron chi connectivity index (χ2n) is 7.26. The molecule has 0 radical (unpaired) electrons. The third-order valence-corrected chi connectivity index (χ3v) is 5.53. The predicted octanol–water partition coefficient (Wildman–Crippen LogP) is 2.09. The molecule has 0 saturated heterocycles. The standard InChI is InChI=1S/C19H25ClN6O2/c1-11-8-22-15(9-21-11)10-23-18(27)13-4-6-14(7-5-13)24-19(28)17-16(20)12(2)25-26(17)3/h8-9,13-14H,4-7,10H2,1-3H3,(H,23,27)(H,24,28). The summed E-state index contributed by atoms with van der Waals surface area (Å²) in [7, 11) is 1.70. The number of hydrogen-bond donors (Lipinski definition) is 2. The Morgan fingerprint density at radius 1 is 1.18 bits per heavy atom. The summed E-state index contributed by atoms with van der Waals surface area (Å²) in [5.41, 5.74) is 2.59. The average Bonchev–Trinajstić information content (AvgIpc) is 2.93. The Bertz CT molecular complexity index is 856. The molecule has 1 fully saturated rings. The maximum Gasteiger partial charge on any atom is 0.271 e. The van der Waals surface area contributed by atoms with Gasteiger partial charge in [-0.25, -0.2) is 0 Å². The molecule has 0 atom stereocenters. The van der Waals surface area contributed by atoms with Crippen LogP contribution in [-0.4, -0.2) is 37.6 Å². The Kier molecular flexibility index (Phi) is 6.28. The molecule has 28 heavy (non-hydrogen) atoms. The van der Waals surface area contributed by atoms with Gasteiger partial charge in [0.1, 0.15) is 5.69 Å². The lowest BCUT2D eigenvalue weighted by Gasteiger charge is -2.28. The van der Waals surface area contributed by atoms with Gasteiger partial charge in [0.15, 0.2) is 0 Å². The molecule has 0 spiro atoms. The van der Waals surface area contributed by atoms with Gasteiger partial charge in [-0.1, -0.05) is 11.6 Å². The van der Waals surface area contributed by atoms with E-state index >= 15 is 0 Å². The molecule has 1 aliphatic carbocycles. The highest BCUT2D eigenvalue weighted by atomic mass is 35.5. The molecule has 0 aliphatic heterocycles. The van der Waals surface area contributed by atoms with Crippen LogP contribution in [0.15, 0.2) is 12.4 Å². The van der Waals surface area contributed by atoms with Crippen molar-refractivity contribution in [3.63, 3.8) is 0 Å². The molecule has 3 rings (SSSR count). The van der Waals surface area contributed by atoms with E-state index in [1.807, 2.05) is 6.92 Å². The van der Waals surface area contributed by atoms with Crippen LogP contribution in [0.25, 0.3) is 0 Å². The molecule has 0 bridgehead atoms. The highest BCUT2D eigenvalue weighted by Crippen LogP contribution is 2.26. The van der Waals surface area contributed by atoms with Gasteiger partial charge in [0.2, 0.25) is 5.91 Å².